The number of hydrogen-bond donors (Lipinski definition) is 0. The standard InChI is InChI=1S/C6H9Cl2NO2/c1-3-4(2)9(5(7)10)6(8)11/h4H,3H2,1-2H3. The Morgan fingerprint density at radius 2 is 1.73 bits per heavy atom. The molecule has 3 nitrogen and oxygen atoms in total. The van der Waals surface area contributed by atoms with Gasteiger partial charge in [-0.15, -0.1) is 0 Å². The molecular formula is C6H9Cl2NO2. The second-order valence-electron chi connectivity index (χ2n) is 2.13. The Labute approximate surface area is 75.3 Å². The lowest BCUT2D eigenvalue weighted by molar-refractivity contribution is 0.200. The summed E-state index contributed by atoms with van der Waals surface area (Å²) in [6.07, 6.45) is 0.636. The summed E-state index contributed by atoms with van der Waals surface area (Å²) in [5, 5.41) is -1.67. The van der Waals surface area contributed by atoms with Gasteiger partial charge in [-0.05, 0) is 36.5 Å². The van der Waals surface area contributed by atoms with Crippen LogP contribution in [0.1, 0.15) is 20.3 Å². The van der Waals surface area contributed by atoms with Crippen LogP contribution in [0.25, 0.3) is 0 Å². The molecular weight excluding hydrogens is 189 g/mol. The number of nitrogens with zero attached hydrogens (tertiary/aromatic N) is 1. The van der Waals surface area contributed by atoms with Crippen molar-refractivity contribution >= 4 is 33.9 Å². The van der Waals surface area contributed by atoms with E-state index in [1.807, 2.05) is 6.92 Å². The van der Waals surface area contributed by atoms with Gasteiger partial charge in [-0.1, -0.05) is 6.92 Å². The number of imide groups is 1. The zero-order valence-electron chi connectivity index (χ0n) is 6.30. The molecule has 0 aliphatic heterocycles. The summed E-state index contributed by atoms with van der Waals surface area (Å²) in [5.74, 6) is 0. The average molecular weight is 198 g/mol. The van der Waals surface area contributed by atoms with Gasteiger partial charge in [0.05, 0.1) is 0 Å². The van der Waals surface area contributed by atoms with Crippen LogP contribution in [-0.2, 0) is 0 Å². The molecule has 0 aliphatic rings. The number of halogens is 2. The first-order valence-corrected chi connectivity index (χ1v) is 3.94. The van der Waals surface area contributed by atoms with Crippen LogP contribution in [0.3, 0.4) is 0 Å². The van der Waals surface area contributed by atoms with E-state index in [2.05, 4.69) is 0 Å². The topological polar surface area (TPSA) is 37.4 Å². The number of hydrogen-bond acceptors (Lipinski definition) is 2. The van der Waals surface area contributed by atoms with Crippen molar-refractivity contribution in [3.8, 4) is 0 Å². The van der Waals surface area contributed by atoms with Gasteiger partial charge >= 0.3 is 10.7 Å². The fourth-order valence-corrected chi connectivity index (χ4v) is 1.13. The van der Waals surface area contributed by atoms with Crippen molar-refractivity contribution in [1.29, 1.82) is 0 Å². The first-order valence-electron chi connectivity index (χ1n) is 3.18. The third kappa shape index (κ3) is 3.08. The number of carbonyl (C=O) groups excluding carboxylic acids is 2. The normalized spacial score (nSPS) is 12.4. The highest BCUT2D eigenvalue weighted by Gasteiger charge is 2.22. The Morgan fingerprint density at radius 1 is 1.36 bits per heavy atom. The quantitative estimate of drug-likeness (QED) is 0.505. The van der Waals surface area contributed by atoms with Crippen molar-refractivity contribution < 1.29 is 9.59 Å². The summed E-state index contributed by atoms with van der Waals surface area (Å²) in [6.45, 7) is 3.53. The van der Waals surface area contributed by atoms with Crippen LogP contribution in [0.2, 0.25) is 0 Å². The summed E-state index contributed by atoms with van der Waals surface area (Å²) in [6, 6.07) is -0.245. The van der Waals surface area contributed by atoms with Crippen molar-refractivity contribution in [1.82, 2.24) is 4.90 Å². The second-order valence-corrected chi connectivity index (χ2v) is 2.78. The van der Waals surface area contributed by atoms with Crippen molar-refractivity contribution in [3.05, 3.63) is 0 Å². The summed E-state index contributed by atoms with van der Waals surface area (Å²) in [7, 11) is 0. The molecule has 1 atom stereocenters. The molecule has 2 amide bonds. The highest BCUT2D eigenvalue weighted by Crippen LogP contribution is 2.10. The third-order valence-electron chi connectivity index (χ3n) is 1.41. The highest BCUT2D eigenvalue weighted by atomic mass is 35.5. The van der Waals surface area contributed by atoms with E-state index in [4.69, 9.17) is 23.2 Å². The molecule has 64 valence electrons. The minimum Gasteiger partial charge on any atom is -0.255 e. The number of amides is 2. The minimum absolute atomic E-state index is 0.245. The molecule has 5 heteroatoms. The van der Waals surface area contributed by atoms with Crippen LogP contribution in [0.15, 0.2) is 0 Å². The molecule has 0 spiro atoms. The van der Waals surface area contributed by atoms with Crippen LogP contribution in [0.5, 0.6) is 0 Å². The molecule has 0 saturated heterocycles. The predicted molar refractivity (Wildman–Crippen MR) is 44.1 cm³/mol. The lowest BCUT2D eigenvalue weighted by Gasteiger charge is -2.20. The molecule has 0 saturated carbocycles. The summed E-state index contributed by atoms with van der Waals surface area (Å²) < 4.78 is 0. The van der Waals surface area contributed by atoms with Crippen molar-refractivity contribution in [2.75, 3.05) is 0 Å². The van der Waals surface area contributed by atoms with E-state index in [0.717, 1.165) is 4.90 Å². The molecule has 0 rings (SSSR count). The van der Waals surface area contributed by atoms with Crippen molar-refractivity contribution in [2.24, 2.45) is 0 Å². The van der Waals surface area contributed by atoms with E-state index in [9.17, 15) is 9.59 Å². The number of rotatable bonds is 2. The van der Waals surface area contributed by atoms with Crippen LogP contribution >= 0.6 is 23.2 Å². The Morgan fingerprint density at radius 3 is 1.82 bits per heavy atom. The maximum Gasteiger partial charge on any atom is 0.324 e. The summed E-state index contributed by atoms with van der Waals surface area (Å²) in [4.78, 5) is 22.0. The molecule has 0 aromatic rings. The Hall–Kier alpha value is -0.280. The van der Waals surface area contributed by atoms with Crippen LogP contribution in [0.4, 0.5) is 9.59 Å². The molecule has 0 aromatic heterocycles. The van der Waals surface area contributed by atoms with Crippen LogP contribution < -0.4 is 0 Å². The molecule has 0 heterocycles. The van der Waals surface area contributed by atoms with Gasteiger partial charge in [0.1, 0.15) is 0 Å². The van der Waals surface area contributed by atoms with Gasteiger partial charge < -0.3 is 0 Å². The molecule has 0 aromatic carbocycles. The van der Waals surface area contributed by atoms with E-state index < -0.39 is 10.7 Å². The Kier molecular flexibility index (Phi) is 4.45. The monoisotopic (exact) mass is 197 g/mol. The van der Waals surface area contributed by atoms with Crippen molar-refractivity contribution in [2.45, 2.75) is 26.3 Å². The van der Waals surface area contributed by atoms with Gasteiger partial charge in [0, 0.05) is 6.04 Å². The Bertz CT molecular complexity index is 158. The molecule has 0 bridgehead atoms. The average Bonchev–Trinajstić information content (AvgIpc) is 1.85. The molecule has 0 fully saturated rings. The van der Waals surface area contributed by atoms with Crippen LogP contribution in [0, 0.1) is 0 Å². The van der Waals surface area contributed by atoms with E-state index in [1.54, 1.807) is 6.92 Å². The SMILES string of the molecule is CCC(C)N(C(=O)Cl)C(=O)Cl. The minimum atomic E-state index is -0.834. The molecule has 0 N–H and O–H groups in total. The van der Waals surface area contributed by atoms with Crippen molar-refractivity contribution in [3.63, 3.8) is 0 Å². The predicted octanol–water partition coefficient (Wildman–Crippen LogP) is 2.80. The molecule has 0 radical (unpaired) electrons. The molecule has 0 aliphatic carbocycles. The second kappa shape index (κ2) is 4.57. The van der Waals surface area contributed by atoms with Crippen LogP contribution in [-0.4, -0.2) is 21.7 Å². The zero-order valence-corrected chi connectivity index (χ0v) is 7.82. The molecule has 1 unspecified atom stereocenters. The molecule has 11 heavy (non-hydrogen) atoms. The summed E-state index contributed by atoms with van der Waals surface area (Å²) >= 11 is 10.2. The maximum absolute atomic E-state index is 10.6. The lowest BCUT2D eigenvalue weighted by atomic mass is 10.2. The van der Waals surface area contributed by atoms with E-state index >= 15 is 0 Å². The first kappa shape index (κ1) is 10.7. The van der Waals surface area contributed by atoms with Gasteiger partial charge in [-0.3, -0.25) is 14.5 Å². The lowest BCUT2D eigenvalue weighted by Crippen LogP contribution is -2.36. The maximum atomic E-state index is 10.6. The third-order valence-corrected chi connectivity index (χ3v) is 1.77. The fourth-order valence-electron chi connectivity index (χ4n) is 0.598. The zero-order chi connectivity index (χ0) is 9.02. The van der Waals surface area contributed by atoms with E-state index in [-0.39, 0.29) is 6.04 Å². The fraction of sp³-hybridized carbons (Fsp3) is 0.667. The van der Waals surface area contributed by atoms with E-state index in [1.165, 1.54) is 0 Å². The Balaban J connectivity index is 4.34. The van der Waals surface area contributed by atoms with Gasteiger partial charge in [0.25, 0.3) is 0 Å². The highest BCUT2D eigenvalue weighted by molar-refractivity contribution is 6.70. The summed E-state index contributed by atoms with van der Waals surface area (Å²) in [5.41, 5.74) is 0. The van der Waals surface area contributed by atoms with Gasteiger partial charge in [-0.2, -0.15) is 0 Å². The van der Waals surface area contributed by atoms with Gasteiger partial charge in [-0.25, -0.2) is 0 Å². The smallest absolute Gasteiger partial charge is 0.255 e. The van der Waals surface area contributed by atoms with Gasteiger partial charge in [0.2, 0.25) is 0 Å². The number of carbonyl (C=O) groups is 2. The largest absolute Gasteiger partial charge is 0.324 e. The van der Waals surface area contributed by atoms with E-state index in [0.29, 0.717) is 6.42 Å². The first-order chi connectivity index (χ1) is 5.00. The van der Waals surface area contributed by atoms with Gasteiger partial charge in [0.15, 0.2) is 0 Å².